The van der Waals surface area contributed by atoms with Crippen molar-refractivity contribution in [2.24, 2.45) is 0 Å². The van der Waals surface area contributed by atoms with Crippen LogP contribution in [0.15, 0.2) is 70.9 Å². The van der Waals surface area contributed by atoms with Crippen molar-refractivity contribution in [3.8, 4) is 0 Å². The zero-order chi connectivity index (χ0) is 18.7. The number of nitrogens with zero attached hydrogens (tertiary/aromatic N) is 1. The molecule has 8 heteroatoms. The van der Waals surface area contributed by atoms with Gasteiger partial charge in [0.2, 0.25) is 0 Å². The minimum atomic E-state index is -3.80. The average Bonchev–Trinajstić information content (AvgIpc) is 3.11. The third kappa shape index (κ3) is 3.61. The fraction of sp³-hybridized carbons (Fsp3) is 0.0556. The molecule has 0 saturated carbocycles. The van der Waals surface area contributed by atoms with E-state index >= 15 is 0 Å². The molecule has 0 aliphatic heterocycles. The van der Waals surface area contributed by atoms with Crippen LogP contribution < -0.4 is 9.62 Å². The molecule has 2 aromatic carbocycles. The Morgan fingerprint density at radius 3 is 2.50 bits per heavy atom. The predicted octanol–water partition coefficient (Wildman–Crippen LogP) is 3.96. The van der Waals surface area contributed by atoms with Gasteiger partial charge in [-0.1, -0.05) is 24.3 Å². The molecule has 3 aromatic rings. The molecule has 5 nitrogen and oxygen atoms in total. The summed E-state index contributed by atoms with van der Waals surface area (Å²) in [4.78, 5) is 12.9. The van der Waals surface area contributed by atoms with Gasteiger partial charge in [0.1, 0.15) is 10.7 Å². The highest BCUT2D eigenvalue weighted by Crippen LogP contribution is 2.30. The van der Waals surface area contributed by atoms with Crippen molar-refractivity contribution in [2.75, 3.05) is 16.7 Å². The Kier molecular flexibility index (Phi) is 5.06. The van der Waals surface area contributed by atoms with E-state index in [0.717, 1.165) is 15.6 Å². The second-order valence-electron chi connectivity index (χ2n) is 5.39. The van der Waals surface area contributed by atoms with Gasteiger partial charge in [0.25, 0.3) is 15.9 Å². The molecule has 0 aliphatic rings. The van der Waals surface area contributed by atoms with Crippen LogP contribution in [0.25, 0.3) is 0 Å². The molecule has 1 aromatic heterocycles. The van der Waals surface area contributed by atoms with Gasteiger partial charge < -0.3 is 5.32 Å². The summed E-state index contributed by atoms with van der Waals surface area (Å²) in [5, 5.41) is 4.21. The van der Waals surface area contributed by atoms with Crippen LogP contribution in [0.1, 0.15) is 9.67 Å². The number of amides is 1. The number of rotatable bonds is 5. The molecule has 0 saturated heterocycles. The topological polar surface area (TPSA) is 66.5 Å². The second kappa shape index (κ2) is 7.27. The summed E-state index contributed by atoms with van der Waals surface area (Å²) in [6.07, 6.45) is 0. The Bertz CT molecular complexity index is 1030. The monoisotopic (exact) mass is 390 g/mol. The number of hydrogen-bond acceptors (Lipinski definition) is 4. The molecule has 0 aliphatic carbocycles. The lowest BCUT2D eigenvalue weighted by Gasteiger charge is -2.19. The fourth-order valence-corrected chi connectivity index (χ4v) is 4.46. The number of benzene rings is 2. The van der Waals surface area contributed by atoms with E-state index in [1.165, 1.54) is 37.4 Å². The lowest BCUT2D eigenvalue weighted by molar-refractivity contribution is 0.103. The zero-order valence-corrected chi connectivity index (χ0v) is 15.4. The van der Waals surface area contributed by atoms with Crippen molar-refractivity contribution in [3.05, 3.63) is 76.7 Å². The number of sulfonamides is 1. The van der Waals surface area contributed by atoms with Crippen molar-refractivity contribution in [3.63, 3.8) is 0 Å². The summed E-state index contributed by atoms with van der Waals surface area (Å²) < 4.78 is 39.9. The highest BCUT2D eigenvalue weighted by molar-refractivity contribution is 7.92. The maximum atomic E-state index is 13.3. The predicted molar refractivity (Wildman–Crippen MR) is 101 cm³/mol. The molecule has 0 unspecified atom stereocenters. The van der Waals surface area contributed by atoms with E-state index in [1.807, 2.05) is 0 Å². The van der Waals surface area contributed by atoms with E-state index in [4.69, 9.17) is 0 Å². The summed E-state index contributed by atoms with van der Waals surface area (Å²) >= 11 is 1.11. The Labute approximate surface area is 154 Å². The molecule has 26 heavy (non-hydrogen) atoms. The van der Waals surface area contributed by atoms with Crippen molar-refractivity contribution < 1.29 is 17.6 Å². The van der Waals surface area contributed by atoms with Crippen LogP contribution in [0, 0.1) is 5.82 Å². The average molecular weight is 390 g/mol. The third-order valence-corrected chi connectivity index (χ3v) is 6.36. The van der Waals surface area contributed by atoms with Crippen LogP contribution in [0.4, 0.5) is 15.8 Å². The first-order valence-corrected chi connectivity index (χ1v) is 9.90. The van der Waals surface area contributed by atoms with E-state index < -0.39 is 21.7 Å². The number of anilines is 2. The Morgan fingerprint density at radius 2 is 1.81 bits per heavy atom. The molecule has 0 spiro atoms. The van der Waals surface area contributed by atoms with Gasteiger partial charge in [-0.25, -0.2) is 12.8 Å². The number of carbonyl (C=O) groups is 1. The van der Waals surface area contributed by atoms with Crippen molar-refractivity contribution >= 4 is 38.6 Å². The van der Waals surface area contributed by atoms with Crippen molar-refractivity contribution in [2.45, 2.75) is 4.90 Å². The van der Waals surface area contributed by atoms with E-state index in [-0.39, 0.29) is 15.5 Å². The lowest BCUT2D eigenvalue weighted by atomic mass is 10.3. The van der Waals surface area contributed by atoms with E-state index in [1.54, 1.807) is 35.7 Å². The minimum absolute atomic E-state index is 0.130. The molecule has 1 amide bonds. The SMILES string of the molecule is CN(c1ccsc1C(=O)Nc1cccc(F)c1)S(=O)(=O)c1ccccc1. The van der Waals surface area contributed by atoms with Crippen molar-refractivity contribution in [1.82, 2.24) is 0 Å². The van der Waals surface area contributed by atoms with Crippen LogP contribution in [0.2, 0.25) is 0 Å². The molecule has 3 rings (SSSR count). The Morgan fingerprint density at radius 1 is 1.08 bits per heavy atom. The highest BCUT2D eigenvalue weighted by atomic mass is 32.2. The van der Waals surface area contributed by atoms with Gasteiger partial charge in [-0.05, 0) is 41.8 Å². The Balaban J connectivity index is 1.89. The third-order valence-electron chi connectivity index (χ3n) is 3.67. The van der Waals surface area contributed by atoms with Gasteiger partial charge in [0.05, 0.1) is 10.6 Å². The number of thiophene rings is 1. The molecule has 0 atom stereocenters. The molecule has 0 radical (unpaired) electrons. The molecule has 0 fully saturated rings. The largest absolute Gasteiger partial charge is 0.321 e. The van der Waals surface area contributed by atoms with Gasteiger partial charge in [-0.3, -0.25) is 9.10 Å². The van der Waals surface area contributed by atoms with Gasteiger partial charge in [0, 0.05) is 12.7 Å². The van der Waals surface area contributed by atoms with Gasteiger partial charge >= 0.3 is 0 Å². The zero-order valence-electron chi connectivity index (χ0n) is 13.7. The van der Waals surface area contributed by atoms with Crippen LogP contribution >= 0.6 is 11.3 Å². The number of nitrogens with one attached hydrogen (secondary N) is 1. The standard InChI is InChI=1S/C18H15FN2O3S2/c1-21(26(23,24)15-8-3-2-4-9-15)16-10-11-25-17(16)18(22)20-14-7-5-6-13(19)12-14/h2-12H,1H3,(H,20,22). The maximum absolute atomic E-state index is 13.3. The fourth-order valence-electron chi connectivity index (χ4n) is 2.35. The first kappa shape index (κ1) is 18.1. The molecular weight excluding hydrogens is 375 g/mol. The first-order valence-electron chi connectivity index (χ1n) is 7.58. The number of halogens is 1. The van der Waals surface area contributed by atoms with Crippen LogP contribution in [-0.4, -0.2) is 21.4 Å². The smallest absolute Gasteiger partial charge is 0.267 e. The minimum Gasteiger partial charge on any atom is -0.321 e. The molecular formula is C18H15FN2O3S2. The van der Waals surface area contributed by atoms with Crippen LogP contribution in [-0.2, 0) is 10.0 Å². The normalized spacial score (nSPS) is 11.2. The molecule has 0 bridgehead atoms. The summed E-state index contributed by atoms with van der Waals surface area (Å²) in [6, 6.07) is 15.0. The van der Waals surface area contributed by atoms with Crippen LogP contribution in [0.3, 0.4) is 0 Å². The maximum Gasteiger partial charge on any atom is 0.267 e. The summed E-state index contributed by atoms with van der Waals surface area (Å²) in [6.45, 7) is 0. The summed E-state index contributed by atoms with van der Waals surface area (Å²) in [7, 11) is -2.41. The molecule has 1 N–H and O–H groups in total. The Hall–Kier alpha value is -2.71. The lowest BCUT2D eigenvalue weighted by Crippen LogP contribution is -2.28. The van der Waals surface area contributed by atoms with E-state index in [2.05, 4.69) is 5.32 Å². The number of hydrogen-bond donors (Lipinski definition) is 1. The summed E-state index contributed by atoms with van der Waals surface area (Å²) in [5.74, 6) is -0.978. The van der Waals surface area contributed by atoms with Gasteiger partial charge in [-0.15, -0.1) is 11.3 Å². The first-order chi connectivity index (χ1) is 12.4. The molecule has 134 valence electrons. The molecule has 1 heterocycles. The number of carbonyl (C=O) groups excluding carboxylic acids is 1. The van der Waals surface area contributed by atoms with Crippen molar-refractivity contribution in [1.29, 1.82) is 0 Å². The summed E-state index contributed by atoms with van der Waals surface area (Å²) in [5.41, 5.74) is 0.552. The quantitative estimate of drug-likeness (QED) is 0.717. The van der Waals surface area contributed by atoms with Crippen LogP contribution in [0.5, 0.6) is 0 Å². The van der Waals surface area contributed by atoms with E-state index in [9.17, 15) is 17.6 Å². The highest BCUT2D eigenvalue weighted by Gasteiger charge is 2.26. The van der Waals surface area contributed by atoms with Gasteiger partial charge in [0.15, 0.2) is 0 Å². The van der Waals surface area contributed by atoms with Gasteiger partial charge in [-0.2, -0.15) is 0 Å². The second-order valence-corrected chi connectivity index (χ2v) is 8.27. The van der Waals surface area contributed by atoms with E-state index in [0.29, 0.717) is 5.69 Å².